The van der Waals surface area contributed by atoms with Gasteiger partial charge in [0.25, 0.3) is 5.95 Å². The molecule has 0 aromatic carbocycles. The lowest BCUT2D eigenvalue weighted by molar-refractivity contribution is -0.0644. The molecule has 5 heterocycles. The molecule has 11 nitrogen and oxygen atoms in total. The number of pyridine rings is 1. The van der Waals surface area contributed by atoms with Gasteiger partial charge in [-0.05, 0) is 25.1 Å². The van der Waals surface area contributed by atoms with Gasteiger partial charge in [0.15, 0.2) is 5.75 Å². The zero-order valence-corrected chi connectivity index (χ0v) is 18.5. The molecular formula is C22H24N8O3. The van der Waals surface area contributed by atoms with Crippen molar-refractivity contribution < 1.29 is 14.0 Å². The van der Waals surface area contributed by atoms with E-state index >= 15 is 0 Å². The van der Waals surface area contributed by atoms with Crippen molar-refractivity contribution in [3.63, 3.8) is 0 Å². The summed E-state index contributed by atoms with van der Waals surface area (Å²) in [6.07, 6.45) is 6.47. The molecule has 0 saturated carbocycles. The van der Waals surface area contributed by atoms with Crippen LogP contribution in [0.2, 0.25) is 0 Å². The maximum Gasteiger partial charge on any atom is 0.266 e. The Morgan fingerprint density at radius 3 is 2.73 bits per heavy atom. The third-order valence-electron chi connectivity index (χ3n) is 5.98. The van der Waals surface area contributed by atoms with Gasteiger partial charge >= 0.3 is 0 Å². The Labute approximate surface area is 191 Å². The summed E-state index contributed by atoms with van der Waals surface area (Å²) in [5.74, 6) is 2.43. The highest BCUT2D eigenvalue weighted by molar-refractivity contribution is 5.40. The van der Waals surface area contributed by atoms with Gasteiger partial charge in [-0.25, -0.2) is 9.97 Å². The number of anilines is 2. The Morgan fingerprint density at radius 2 is 2.03 bits per heavy atom. The lowest BCUT2D eigenvalue weighted by Crippen LogP contribution is -2.53. The Balaban J connectivity index is 1.19. The highest BCUT2D eigenvalue weighted by atomic mass is 16.5. The van der Waals surface area contributed by atoms with E-state index in [4.69, 9.17) is 19.3 Å². The molecule has 170 valence electrons. The molecule has 1 atom stereocenters. The first kappa shape index (κ1) is 21.1. The summed E-state index contributed by atoms with van der Waals surface area (Å²) >= 11 is 0. The van der Waals surface area contributed by atoms with Crippen molar-refractivity contribution in [3.8, 4) is 11.8 Å². The van der Waals surface area contributed by atoms with E-state index in [0.717, 1.165) is 25.2 Å². The third-order valence-corrected chi connectivity index (χ3v) is 5.98. The fourth-order valence-electron chi connectivity index (χ4n) is 3.90. The number of aromatic nitrogens is 5. The van der Waals surface area contributed by atoms with Gasteiger partial charge in [-0.3, -0.25) is 4.98 Å². The van der Waals surface area contributed by atoms with Crippen LogP contribution >= 0.6 is 0 Å². The molecular weight excluding hydrogens is 424 g/mol. The molecule has 33 heavy (non-hydrogen) atoms. The van der Waals surface area contributed by atoms with Crippen LogP contribution in [-0.4, -0.2) is 64.0 Å². The predicted molar refractivity (Wildman–Crippen MR) is 117 cm³/mol. The van der Waals surface area contributed by atoms with E-state index in [-0.39, 0.29) is 18.1 Å². The average Bonchev–Trinajstić information content (AvgIpc) is 3.32. The van der Waals surface area contributed by atoms with Crippen LogP contribution in [0, 0.1) is 11.3 Å². The normalized spacial score (nSPS) is 19.6. The van der Waals surface area contributed by atoms with Gasteiger partial charge in [-0.1, -0.05) is 0 Å². The Morgan fingerprint density at radius 1 is 1.21 bits per heavy atom. The number of ether oxygens (including phenoxy) is 2. The van der Waals surface area contributed by atoms with E-state index in [9.17, 15) is 0 Å². The minimum Gasteiger partial charge on any atom is -0.486 e. The molecule has 0 radical (unpaired) electrons. The first-order chi connectivity index (χ1) is 16.1. The monoisotopic (exact) mass is 448 g/mol. The fourth-order valence-corrected chi connectivity index (χ4v) is 3.90. The van der Waals surface area contributed by atoms with Crippen LogP contribution in [-0.2, 0) is 16.8 Å². The highest BCUT2D eigenvalue weighted by Gasteiger charge is 2.41. The second kappa shape index (κ2) is 8.63. The summed E-state index contributed by atoms with van der Waals surface area (Å²) in [5.41, 5.74) is 1.08. The summed E-state index contributed by atoms with van der Waals surface area (Å²) in [4.78, 5) is 21.8. The van der Waals surface area contributed by atoms with Crippen molar-refractivity contribution in [1.82, 2.24) is 25.1 Å². The van der Waals surface area contributed by atoms with Crippen LogP contribution in [0.4, 0.5) is 11.9 Å². The van der Waals surface area contributed by atoms with E-state index in [1.807, 2.05) is 0 Å². The average molecular weight is 448 g/mol. The molecule has 0 spiro atoms. The van der Waals surface area contributed by atoms with Gasteiger partial charge in [0, 0.05) is 43.6 Å². The number of rotatable bonds is 6. The van der Waals surface area contributed by atoms with Gasteiger partial charge < -0.3 is 23.8 Å². The van der Waals surface area contributed by atoms with E-state index in [1.165, 1.54) is 6.20 Å². The van der Waals surface area contributed by atoms with Crippen LogP contribution in [0.3, 0.4) is 0 Å². The summed E-state index contributed by atoms with van der Waals surface area (Å²) in [5, 5.41) is 13.3. The quantitative estimate of drug-likeness (QED) is 0.547. The molecule has 3 aromatic heterocycles. The fraction of sp³-hybridized carbons (Fsp3) is 0.455. The van der Waals surface area contributed by atoms with Crippen LogP contribution in [0.5, 0.6) is 5.75 Å². The van der Waals surface area contributed by atoms with Gasteiger partial charge in [0.1, 0.15) is 12.7 Å². The molecule has 0 bridgehead atoms. The van der Waals surface area contributed by atoms with Crippen molar-refractivity contribution in [2.45, 2.75) is 31.9 Å². The van der Waals surface area contributed by atoms with E-state index in [0.29, 0.717) is 42.3 Å². The number of piperazine rings is 1. The van der Waals surface area contributed by atoms with Crippen molar-refractivity contribution in [3.05, 3.63) is 47.9 Å². The maximum atomic E-state index is 9.17. The van der Waals surface area contributed by atoms with E-state index < -0.39 is 0 Å². The second-order valence-electron chi connectivity index (χ2n) is 8.59. The SMILES string of the molecule is C[C@@H]1CN(c2noc(C3(C)COC3)n2)CCN1c1ncc(OCc2ccncc2C#N)cn1. The van der Waals surface area contributed by atoms with E-state index in [2.05, 4.69) is 54.8 Å². The number of hydrogen-bond donors (Lipinski definition) is 0. The van der Waals surface area contributed by atoms with Gasteiger partial charge in [-0.2, -0.15) is 10.2 Å². The van der Waals surface area contributed by atoms with Crippen LogP contribution in [0.1, 0.15) is 30.9 Å². The molecule has 0 N–H and O–H groups in total. The topological polar surface area (TPSA) is 126 Å². The van der Waals surface area contributed by atoms with Gasteiger partial charge in [0.05, 0.1) is 36.6 Å². The molecule has 3 aromatic rings. The number of hydrogen-bond acceptors (Lipinski definition) is 11. The Bertz CT molecular complexity index is 1150. The first-order valence-electron chi connectivity index (χ1n) is 10.8. The van der Waals surface area contributed by atoms with Crippen molar-refractivity contribution in [1.29, 1.82) is 5.26 Å². The van der Waals surface area contributed by atoms with Gasteiger partial charge in [-0.15, -0.1) is 0 Å². The smallest absolute Gasteiger partial charge is 0.266 e. The predicted octanol–water partition coefficient (Wildman–Crippen LogP) is 1.71. The van der Waals surface area contributed by atoms with Crippen molar-refractivity contribution in [2.75, 3.05) is 42.6 Å². The van der Waals surface area contributed by atoms with Crippen LogP contribution in [0.15, 0.2) is 35.4 Å². The van der Waals surface area contributed by atoms with Crippen LogP contribution < -0.4 is 14.5 Å². The molecule has 2 aliphatic rings. The summed E-state index contributed by atoms with van der Waals surface area (Å²) < 4.78 is 16.6. The molecule has 5 rings (SSSR count). The summed E-state index contributed by atoms with van der Waals surface area (Å²) in [6.45, 7) is 7.85. The largest absolute Gasteiger partial charge is 0.486 e. The summed E-state index contributed by atoms with van der Waals surface area (Å²) in [7, 11) is 0. The molecule has 11 heteroatoms. The number of nitrogens with zero attached hydrogens (tertiary/aromatic N) is 8. The molecule has 0 unspecified atom stereocenters. The van der Waals surface area contributed by atoms with Crippen molar-refractivity contribution >= 4 is 11.9 Å². The van der Waals surface area contributed by atoms with Crippen LogP contribution in [0.25, 0.3) is 0 Å². The molecule has 2 fully saturated rings. The van der Waals surface area contributed by atoms with E-state index in [1.54, 1.807) is 24.7 Å². The minimum atomic E-state index is -0.177. The maximum absolute atomic E-state index is 9.17. The third kappa shape index (κ3) is 4.17. The Kier molecular flexibility index (Phi) is 5.51. The lowest BCUT2D eigenvalue weighted by Gasteiger charge is -2.39. The molecule has 0 amide bonds. The minimum absolute atomic E-state index is 0.157. The Hall–Kier alpha value is -3.78. The second-order valence-corrected chi connectivity index (χ2v) is 8.59. The molecule has 2 saturated heterocycles. The molecule has 2 aliphatic heterocycles. The van der Waals surface area contributed by atoms with Crippen molar-refractivity contribution in [2.24, 2.45) is 0 Å². The molecule has 0 aliphatic carbocycles. The first-order valence-corrected chi connectivity index (χ1v) is 10.8. The number of nitriles is 1. The zero-order chi connectivity index (χ0) is 22.8. The lowest BCUT2D eigenvalue weighted by atomic mass is 9.89. The van der Waals surface area contributed by atoms with Gasteiger partial charge in [0.2, 0.25) is 11.8 Å². The zero-order valence-electron chi connectivity index (χ0n) is 18.5. The standard InChI is InChI=1S/C22H24N8O3/c1-15-11-29(21-27-19(33-28-21)22(2)13-31-14-22)5-6-30(15)20-25-9-18(10-26-20)32-12-16-3-4-24-8-17(16)7-23/h3-4,8-10,15H,5-6,11-14H2,1-2H3/t15-/m1/s1. The summed E-state index contributed by atoms with van der Waals surface area (Å²) in [6, 6.07) is 4.04. The highest BCUT2D eigenvalue weighted by Crippen LogP contribution is 2.31.